The van der Waals surface area contributed by atoms with E-state index in [0.29, 0.717) is 30.8 Å². The first-order chi connectivity index (χ1) is 18.6. The minimum Gasteiger partial charge on any atom is -0.495 e. The summed E-state index contributed by atoms with van der Waals surface area (Å²) in [5, 5.41) is 3.19. The molecule has 0 bridgehead atoms. The van der Waals surface area contributed by atoms with Gasteiger partial charge in [0.15, 0.2) is 0 Å². The maximum absolute atomic E-state index is 13.7. The molecule has 214 valence electrons. The maximum Gasteiger partial charge on any atom is 0.243 e. The number of hydrogen-bond donors (Lipinski definition) is 1. The van der Waals surface area contributed by atoms with Crippen LogP contribution >= 0.6 is 0 Å². The smallest absolute Gasteiger partial charge is 0.243 e. The molecule has 0 heterocycles. The van der Waals surface area contributed by atoms with E-state index in [0.717, 1.165) is 43.1 Å². The molecule has 0 radical (unpaired) electrons. The number of methoxy groups -OCH3 is 1. The summed E-state index contributed by atoms with van der Waals surface area (Å²) in [6.07, 6.45) is 7.40. The molecular weight excluding hydrogens is 514 g/mol. The number of aryl methyl sites for hydroxylation is 1. The van der Waals surface area contributed by atoms with Crippen molar-refractivity contribution in [1.82, 2.24) is 10.2 Å². The molecule has 0 saturated heterocycles. The summed E-state index contributed by atoms with van der Waals surface area (Å²) >= 11 is 0. The Labute approximate surface area is 233 Å². The molecule has 2 amide bonds. The van der Waals surface area contributed by atoms with Crippen molar-refractivity contribution >= 4 is 27.5 Å². The number of hydrogen-bond acceptors (Lipinski definition) is 5. The quantitative estimate of drug-likeness (QED) is 0.382. The van der Waals surface area contributed by atoms with E-state index in [2.05, 4.69) is 5.32 Å². The molecule has 8 nitrogen and oxygen atoms in total. The van der Waals surface area contributed by atoms with Crippen LogP contribution in [-0.2, 0) is 26.2 Å². The van der Waals surface area contributed by atoms with Gasteiger partial charge < -0.3 is 15.0 Å². The molecule has 39 heavy (non-hydrogen) atoms. The van der Waals surface area contributed by atoms with Gasteiger partial charge in [-0.3, -0.25) is 13.9 Å². The second-order valence-electron chi connectivity index (χ2n) is 10.4. The van der Waals surface area contributed by atoms with E-state index in [1.807, 2.05) is 38.1 Å². The molecule has 1 saturated carbocycles. The zero-order valence-corrected chi connectivity index (χ0v) is 24.5. The Morgan fingerprint density at radius 3 is 2.33 bits per heavy atom. The second kappa shape index (κ2) is 14.4. The normalized spacial score (nSPS) is 14.9. The molecule has 1 atom stereocenters. The van der Waals surface area contributed by atoms with Crippen molar-refractivity contribution < 1.29 is 22.7 Å². The predicted molar refractivity (Wildman–Crippen MR) is 155 cm³/mol. The lowest BCUT2D eigenvalue weighted by molar-refractivity contribution is -0.141. The van der Waals surface area contributed by atoms with Gasteiger partial charge in [-0.15, -0.1) is 0 Å². The third-order valence-electron chi connectivity index (χ3n) is 7.32. The Morgan fingerprint density at radius 1 is 1.05 bits per heavy atom. The highest BCUT2D eigenvalue weighted by atomic mass is 32.2. The average molecular weight is 558 g/mol. The molecule has 1 aliphatic carbocycles. The first kappa shape index (κ1) is 30.5. The topological polar surface area (TPSA) is 96.0 Å². The van der Waals surface area contributed by atoms with Gasteiger partial charge in [-0.1, -0.05) is 68.1 Å². The van der Waals surface area contributed by atoms with E-state index in [1.165, 1.54) is 17.8 Å². The maximum atomic E-state index is 13.7. The van der Waals surface area contributed by atoms with Crippen molar-refractivity contribution in [1.29, 1.82) is 0 Å². The zero-order chi connectivity index (χ0) is 28.4. The highest BCUT2D eigenvalue weighted by molar-refractivity contribution is 7.92. The average Bonchev–Trinajstić information content (AvgIpc) is 2.92. The highest BCUT2D eigenvalue weighted by Gasteiger charge is 2.30. The van der Waals surface area contributed by atoms with Crippen LogP contribution in [0, 0.1) is 6.92 Å². The summed E-state index contributed by atoms with van der Waals surface area (Å²) in [6.45, 7) is 4.37. The minimum absolute atomic E-state index is 0.111. The molecule has 3 rings (SSSR count). The first-order valence-electron chi connectivity index (χ1n) is 13.9. The minimum atomic E-state index is -3.61. The van der Waals surface area contributed by atoms with Gasteiger partial charge >= 0.3 is 0 Å². The zero-order valence-electron chi connectivity index (χ0n) is 23.7. The lowest BCUT2D eigenvalue weighted by atomic mass is 9.95. The van der Waals surface area contributed by atoms with Crippen LogP contribution in [0.25, 0.3) is 0 Å². The number of carbonyl (C=O) groups is 2. The molecule has 2 aromatic rings. The molecule has 1 N–H and O–H groups in total. The molecule has 0 aliphatic heterocycles. The number of para-hydroxylation sites is 2. The van der Waals surface area contributed by atoms with Crippen molar-refractivity contribution in [3.8, 4) is 5.75 Å². The van der Waals surface area contributed by atoms with E-state index in [9.17, 15) is 18.0 Å². The van der Waals surface area contributed by atoms with E-state index >= 15 is 0 Å². The number of anilines is 1. The van der Waals surface area contributed by atoms with Gasteiger partial charge in [0.1, 0.15) is 11.8 Å². The van der Waals surface area contributed by atoms with Crippen LogP contribution in [0.3, 0.4) is 0 Å². The Balaban J connectivity index is 1.77. The third-order valence-corrected chi connectivity index (χ3v) is 8.50. The van der Waals surface area contributed by atoms with Crippen molar-refractivity contribution in [2.75, 3.05) is 24.2 Å². The number of benzene rings is 2. The van der Waals surface area contributed by atoms with Crippen LogP contribution in [0.4, 0.5) is 5.69 Å². The Hall–Kier alpha value is -3.07. The van der Waals surface area contributed by atoms with Crippen LogP contribution in [0.2, 0.25) is 0 Å². The molecule has 9 heteroatoms. The molecule has 1 aliphatic rings. The van der Waals surface area contributed by atoms with Crippen LogP contribution in [0.15, 0.2) is 48.5 Å². The van der Waals surface area contributed by atoms with Crippen molar-refractivity contribution in [3.05, 3.63) is 59.7 Å². The van der Waals surface area contributed by atoms with E-state index < -0.39 is 16.1 Å². The van der Waals surface area contributed by atoms with Gasteiger partial charge in [-0.2, -0.15) is 0 Å². The second-order valence-corrected chi connectivity index (χ2v) is 12.3. The fourth-order valence-electron chi connectivity index (χ4n) is 5.17. The molecule has 0 spiro atoms. The number of rotatable bonds is 13. The predicted octanol–water partition coefficient (Wildman–Crippen LogP) is 4.81. The standard InChI is InChI=1S/C30H43N3O5S/c1-5-26(30(35)31-25-12-7-6-8-13-25)32(22-24-19-17-23(2)18-20-24)29(34)16-11-21-33(39(4,36)37)27-14-9-10-15-28(27)38-3/h9-10,14-15,17-20,25-26H,5-8,11-13,16,21-22H2,1-4H3,(H,31,35). The molecule has 2 aromatic carbocycles. The number of amides is 2. The monoisotopic (exact) mass is 557 g/mol. The van der Waals surface area contributed by atoms with Gasteiger partial charge in [-0.05, 0) is 50.3 Å². The van der Waals surface area contributed by atoms with Crippen LogP contribution in [0.1, 0.15) is 69.4 Å². The Morgan fingerprint density at radius 2 is 1.72 bits per heavy atom. The van der Waals surface area contributed by atoms with Gasteiger partial charge in [-0.25, -0.2) is 8.42 Å². The summed E-state index contributed by atoms with van der Waals surface area (Å²) in [6, 6.07) is 14.4. The molecule has 1 fully saturated rings. The number of nitrogens with zero attached hydrogens (tertiary/aromatic N) is 2. The summed E-state index contributed by atoms with van der Waals surface area (Å²) in [7, 11) is -2.11. The highest BCUT2D eigenvalue weighted by Crippen LogP contribution is 2.30. The van der Waals surface area contributed by atoms with Gasteiger partial charge in [0, 0.05) is 25.6 Å². The van der Waals surface area contributed by atoms with Crippen molar-refractivity contribution in [3.63, 3.8) is 0 Å². The van der Waals surface area contributed by atoms with Crippen molar-refractivity contribution in [2.45, 2.75) is 83.8 Å². The SMILES string of the molecule is CCC(C(=O)NC1CCCCC1)N(Cc1ccc(C)cc1)C(=O)CCCN(c1ccccc1OC)S(C)(=O)=O. The number of nitrogens with one attached hydrogen (secondary N) is 1. The molecular formula is C30H43N3O5S. The third kappa shape index (κ3) is 8.71. The summed E-state index contributed by atoms with van der Waals surface area (Å²) in [5.41, 5.74) is 2.50. The van der Waals surface area contributed by atoms with Crippen molar-refractivity contribution in [2.24, 2.45) is 0 Å². The fourth-order valence-corrected chi connectivity index (χ4v) is 6.14. The van der Waals surface area contributed by atoms with Crippen LogP contribution in [0.5, 0.6) is 5.75 Å². The van der Waals surface area contributed by atoms with Gasteiger partial charge in [0.05, 0.1) is 19.1 Å². The molecule has 1 unspecified atom stereocenters. The summed E-state index contributed by atoms with van der Waals surface area (Å²) in [4.78, 5) is 28.7. The first-order valence-corrected chi connectivity index (χ1v) is 15.7. The van der Waals surface area contributed by atoms with Gasteiger partial charge in [0.25, 0.3) is 0 Å². The lowest BCUT2D eigenvalue weighted by Gasteiger charge is -2.33. The van der Waals surface area contributed by atoms with E-state index in [1.54, 1.807) is 29.2 Å². The number of sulfonamides is 1. The summed E-state index contributed by atoms with van der Waals surface area (Å²) < 4.78 is 31.9. The van der Waals surface area contributed by atoms with E-state index in [4.69, 9.17) is 4.74 Å². The number of ether oxygens (including phenoxy) is 1. The molecule has 0 aromatic heterocycles. The largest absolute Gasteiger partial charge is 0.495 e. The van der Waals surface area contributed by atoms with E-state index in [-0.39, 0.29) is 30.8 Å². The number of carbonyl (C=O) groups excluding carboxylic acids is 2. The van der Waals surface area contributed by atoms with Crippen LogP contribution < -0.4 is 14.4 Å². The Bertz CT molecular complexity index is 1190. The van der Waals surface area contributed by atoms with Crippen LogP contribution in [-0.4, -0.2) is 57.1 Å². The Kier molecular flexibility index (Phi) is 11.2. The fraction of sp³-hybridized carbons (Fsp3) is 0.533. The summed E-state index contributed by atoms with van der Waals surface area (Å²) in [5.74, 6) is 0.159. The van der Waals surface area contributed by atoms with Gasteiger partial charge in [0.2, 0.25) is 21.8 Å². The lowest BCUT2D eigenvalue weighted by Crippen LogP contribution is -2.51.